The summed E-state index contributed by atoms with van der Waals surface area (Å²) in [5.74, 6) is -2.29. The Morgan fingerprint density at radius 2 is 1.83 bits per heavy atom. The molecule has 0 radical (unpaired) electrons. The molecule has 3 heterocycles. The number of nitrogens with zero attached hydrogens (tertiary/aromatic N) is 3. The molecule has 1 aliphatic rings. The maximum Gasteiger partial charge on any atom is 0.455 e. The van der Waals surface area contributed by atoms with Crippen molar-refractivity contribution in [1.29, 1.82) is 5.26 Å². The maximum absolute atomic E-state index is 13.8. The summed E-state index contributed by atoms with van der Waals surface area (Å²) < 4.78 is 67.5. The number of hydrogen-bond acceptors (Lipinski definition) is 4. The fraction of sp³-hybridized carbons (Fsp3) is 0.478. The van der Waals surface area contributed by atoms with E-state index in [1.54, 1.807) is 24.8 Å². The third-order valence-corrected chi connectivity index (χ3v) is 8.18. The number of hydrogen-bond donors (Lipinski definition) is 1. The molecule has 1 saturated carbocycles. The highest BCUT2D eigenvalue weighted by atomic mass is 32.2. The van der Waals surface area contributed by atoms with Crippen LogP contribution in [-0.2, 0) is 18.5 Å². The van der Waals surface area contributed by atoms with E-state index < -0.39 is 29.7 Å². The fourth-order valence-electron chi connectivity index (χ4n) is 3.90. The minimum atomic E-state index is -5.77. The number of fused-ring (bicyclic) bond motifs is 1. The number of aryl methyl sites for hydroxylation is 1. The van der Waals surface area contributed by atoms with E-state index in [4.69, 9.17) is 5.11 Å². The molecular weight excluding hydrogens is 522 g/mol. The van der Waals surface area contributed by atoms with Crippen LogP contribution in [-0.4, -0.2) is 39.2 Å². The van der Waals surface area contributed by atoms with Crippen LogP contribution in [0.4, 0.5) is 22.0 Å². The van der Waals surface area contributed by atoms with Crippen molar-refractivity contribution in [2.45, 2.75) is 62.2 Å². The van der Waals surface area contributed by atoms with E-state index in [0.29, 0.717) is 10.3 Å². The number of imidazole rings is 1. The zero-order valence-electron chi connectivity index (χ0n) is 19.8. The van der Waals surface area contributed by atoms with Crippen LogP contribution in [0.2, 0.25) is 0 Å². The van der Waals surface area contributed by atoms with Crippen molar-refractivity contribution in [3.63, 3.8) is 0 Å². The molecule has 3 aromatic heterocycles. The summed E-state index contributed by atoms with van der Waals surface area (Å²) in [4.78, 5) is 16.7. The van der Waals surface area contributed by atoms with E-state index in [1.807, 2.05) is 18.8 Å². The summed E-state index contributed by atoms with van der Waals surface area (Å²) in [7, 11) is 1.83. The number of aliphatic hydroxyl groups is 1. The Hall–Kier alpha value is -2.48. The van der Waals surface area contributed by atoms with Gasteiger partial charge in [-0.15, -0.1) is 11.8 Å². The van der Waals surface area contributed by atoms with E-state index in [2.05, 4.69) is 11.1 Å². The Balaban J connectivity index is 0.00000176. The largest absolute Gasteiger partial charge is 0.455 e. The minimum Gasteiger partial charge on any atom is -0.400 e. The molecule has 4 rings (SSSR count). The third kappa shape index (κ3) is 5.01. The van der Waals surface area contributed by atoms with Gasteiger partial charge < -0.3 is 5.11 Å². The van der Waals surface area contributed by atoms with Crippen LogP contribution in [0.3, 0.4) is 0 Å². The number of rotatable bonds is 7. The fourth-order valence-corrected chi connectivity index (χ4v) is 6.07. The van der Waals surface area contributed by atoms with Crippen molar-refractivity contribution in [3.8, 4) is 17.1 Å². The number of nitrogens with one attached hydrogen (secondary N) is 1. The minimum absolute atomic E-state index is 0.0288. The van der Waals surface area contributed by atoms with E-state index in [-0.39, 0.29) is 17.6 Å². The maximum atomic E-state index is 13.8. The normalized spacial score (nSPS) is 15.0. The van der Waals surface area contributed by atoms with Gasteiger partial charge in [-0.3, -0.25) is 9.13 Å². The molecule has 0 aliphatic heterocycles. The zero-order valence-corrected chi connectivity index (χ0v) is 21.5. The van der Waals surface area contributed by atoms with Crippen LogP contribution in [0.5, 0.6) is 0 Å². The summed E-state index contributed by atoms with van der Waals surface area (Å²) in [5, 5.41) is 17.4. The zero-order chi connectivity index (χ0) is 26.9. The number of H-pyrrole nitrogens is 1. The second kappa shape index (κ2) is 10.5. The molecular formula is C23H25F5N4O2PS+. The number of aliphatic hydroxyl groups excluding tert-OH is 1. The number of thioether (sulfide) groups is 1. The van der Waals surface area contributed by atoms with Crippen molar-refractivity contribution < 1.29 is 32.0 Å². The standard InChI is InChI=1S/C22H20F5N4OPS.CH4O/c1-3-30-15-8-14(18-17(34-4-2)7-13(10-33-18)20(11-28)5-6-20)29-9-16(15)31(19(30)32)12-21(23,24)22(25,26)27;1-2/h7-10H,3-6,12H2,1-2H3;2H,1H3/p+1. The Morgan fingerprint density at radius 3 is 2.36 bits per heavy atom. The predicted molar refractivity (Wildman–Crippen MR) is 128 cm³/mol. The lowest BCUT2D eigenvalue weighted by Gasteiger charge is -2.19. The van der Waals surface area contributed by atoms with E-state index in [0.717, 1.165) is 49.7 Å². The SMILES string of the molecule is CCSc1cc(C2(C#N)CC2)cpc1-c1cc2c(c[nH+]1)n(CC(F)(F)C(F)(F)F)c(=O)n2CC.CO. The van der Waals surface area contributed by atoms with Crippen LogP contribution in [0.1, 0.15) is 32.3 Å². The first kappa shape index (κ1) is 28.1. The van der Waals surface area contributed by atoms with Gasteiger partial charge >= 0.3 is 17.8 Å². The Labute approximate surface area is 209 Å². The second-order valence-electron chi connectivity index (χ2n) is 8.13. The summed E-state index contributed by atoms with van der Waals surface area (Å²) >= 11 is 1.60. The number of pyridine rings is 1. The topological polar surface area (TPSA) is 85.1 Å². The monoisotopic (exact) mass is 547 g/mol. The van der Waals surface area contributed by atoms with E-state index >= 15 is 0 Å². The molecule has 0 bridgehead atoms. The molecule has 2 N–H and O–H groups in total. The molecule has 0 atom stereocenters. The molecule has 13 heteroatoms. The highest BCUT2D eigenvalue weighted by molar-refractivity contribution is 7.99. The van der Waals surface area contributed by atoms with Gasteiger partial charge in [0, 0.05) is 24.6 Å². The number of aromatic nitrogens is 3. The Bertz CT molecular complexity index is 1360. The van der Waals surface area contributed by atoms with Crippen LogP contribution in [0.15, 0.2) is 33.8 Å². The molecule has 1 fully saturated rings. The van der Waals surface area contributed by atoms with Crippen molar-refractivity contribution >= 4 is 31.0 Å². The molecule has 6 nitrogen and oxygen atoms in total. The predicted octanol–water partition coefficient (Wildman–Crippen LogP) is 5.36. The molecule has 0 amide bonds. The molecule has 0 saturated heterocycles. The first-order chi connectivity index (χ1) is 17.0. The summed E-state index contributed by atoms with van der Waals surface area (Å²) in [5.41, 5.74) is 0.481. The van der Waals surface area contributed by atoms with Crippen molar-refractivity contribution in [2.24, 2.45) is 0 Å². The van der Waals surface area contributed by atoms with Gasteiger partial charge in [0.25, 0.3) is 0 Å². The first-order valence-corrected chi connectivity index (χ1v) is 13.0. The van der Waals surface area contributed by atoms with Gasteiger partial charge in [-0.1, -0.05) is 15.1 Å². The molecule has 0 unspecified atom stereocenters. The van der Waals surface area contributed by atoms with Gasteiger partial charge in [0.15, 0.2) is 6.20 Å². The van der Waals surface area contributed by atoms with Gasteiger partial charge in [0.05, 0.1) is 22.3 Å². The lowest BCUT2D eigenvalue weighted by Crippen LogP contribution is -2.43. The number of halogens is 5. The van der Waals surface area contributed by atoms with Crippen LogP contribution in [0, 0.1) is 11.3 Å². The lowest BCUT2D eigenvalue weighted by molar-refractivity contribution is -0.362. The van der Waals surface area contributed by atoms with Crippen LogP contribution in [0.25, 0.3) is 22.0 Å². The number of alkyl halides is 5. The van der Waals surface area contributed by atoms with Gasteiger partial charge in [0.1, 0.15) is 12.1 Å². The van der Waals surface area contributed by atoms with Crippen molar-refractivity contribution in [1.82, 2.24) is 9.13 Å². The van der Waals surface area contributed by atoms with Crippen molar-refractivity contribution in [2.75, 3.05) is 12.9 Å². The number of aromatic amines is 1. The van der Waals surface area contributed by atoms with E-state index in [9.17, 15) is 32.0 Å². The van der Waals surface area contributed by atoms with Gasteiger partial charge in [-0.25, -0.2) is 9.78 Å². The van der Waals surface area contributed by atoms with Gasteiger partial charge in [-0.05, 0) is 42.9 Å². The van der Waals surface area contributed by atoms with Crippen LogP contribution < -0.4 is 10.7 Å². The highest BCUT2D eigenvalue weighted by Gasteiger charge is 2.58. The van der Waals surface area contributed by atoms with E-state index in [1.165, 1.54) is 10.8 Å². The Morgan fingerprint density at radius 1 is 1.17 bits per heavy atom. The molecule has 0 spiro atoms. The summed E-state index contributed by atoms with van der Waals surface area (Å²) in [6.45, 7) is 1.94. The quantitative estimate of drug-likeness (QED) is 0.319. The van der Waals surface area contributed by atoms with Gasteiger partial charge in [-0.2, -0.15) is 27.2 Å². The number of nitriles is 1. The molecule has 0 aromatic carbocycles. The third-order valence-electron chi connectivity index (χ3n) is 5.96. The molecule has 194 valence electrons. The second-order valence-corrected chi connectivity index (χ2v) is 10.4. The average Bonchev–Trinajstić information content (AvgIpc) is 3.60. The lowest BCUT2D eigenvalue weighted by atomic mass is 10.0. The average molecular weight is 548 g/mol. The Kier molecular flexibility index (Phi) is 8.18. The van der Waals surface area contributed by atoms with Crippen molar-refractivity contribution in [3.05, 3.63) is 40.2 Å². The first-order valence-electron chi connectivity index (χ1n) is 11.1. The smallest absolute Gasteiger partial charge is 0.400 e. The van der Waals surface area contributed by atoms with Crippen LogP contribution >= 0.6 is 20.0 Å². The molecule has 1 aliphatic carbocycles. The summed E-state index contributed by atoms with van der Waals surface area (Å²) in [6, 6.07) is 6.00. The molecule has 36 heavy (non-hydrogen) atoms. The molecule has 3 aromatic rings. The van der Waals surface area contributed by atoms with Gasteiger partial charge in [0.2, 0.25) is 5.69 Å². The summed E-state index contributed by atoms with van der Waals surface area (Å²) in [6.07, 6.45) is -2.83. The highest BCUT2D eigenvalue weighted by Crippen LogP contribution is 2.50.